The van der Waals surface area contributed by atoms with Crippen LogP contribution in [0.15, 0.2) is 55.1 Å². The van der Waals surface area contributed by atoms with Crippen LogP contribution in [-0.4, -0.2) is 44.1 Å². The Bertz CT molecular complexity index is 862. The third-order valence-corrected chi connectivity index (χ3v) is 4.82. The molecule has 4 rings (SSSR count). The molecular formula is C20H21N5O. The van der Waals surface area contributed by atoms with E-state index in [4.69, 9.17) is 0 Å². The molecule has 1 N–H and O–H groups in total. The van der Waals surface area contributed by atoms with Gasteiger partial charge in [0, 0.05) is 43.4 Å². The normalized spacial score (nSPS) is 17.2. The Hall–Kier alpha value is -3.02. The molecule has 0 spiro atoms. The highest BCUT2D eigenvalue weighted by Crippen LogP contribution is 2.23. The maximum absolute atomic E-state index is 12.9. The van der Waals surface area contributed by atoms with Crippen molar-refractivity contribution in [3.63, 3.8) is 0 Å². The molecule has 4 heterocycles. The van der Waals surface area contributed by atoms with Crippen LogP contribution in [0.25, 0.3) is 11.3 Å². The molecule has 0 saturated carbocycles. The van der Waals surface area contributed by atoms with Crippen LogP contribution in [0.3, 0.4) is 0 Å². The van der Waals surface area contributed by atoms with Crippen LogP contribution in [0.1, 0.15) is 28.9 Å². The number of H-pyrrole nitrogens is 1. The molecule has 1 fully saturated rings. The predicted molar refractivity (Wildman–Crippen MR) is 98.4 cm³/mol. The molecule has 26 heavy (non-hydrogen) atoms. The van der Waals surface area contributed by atoms with Gasteiger partial charge in [0.2, 0.25) is 0 Å². The third-order valence-electron chi connectivity index (χ3n) is 4.82. The van der Waals surface area contributed by atoms with Crippen molar-refractivity contribution in [1.29, 1.82) is 0 Å². The van der Waals surface area contributed by atoms with Gasteiger partial charge in [0.05, 0.1) is 5.69 Å². The van der Waals surface area contributed by atoms with E-state index in [1.807, 2.05) is 35.4 Å². The van der Waals surface area contributed by atoms with Gasteiger partial charge in [-0.15, -0.1) is 0 Å². The summed E-state index contributed by atoms with van der Waals surface area (Å²) in [6, 6.07) is 9.67. The van der Waals surface area contributed by atoms with E-state index in [1.165, 1.54) is 5.56 Å². The summed E-state index contributed by atoms with van der Waals surface area (Å²) in [5.74, 6) is 0.487. The molecule has 3 aromatic heterocycles. The first-order valence-corrected chi connectivity index (χ1v) is 8.93. The van der Waals surface area contributed by atoms with Gasteiger partial charge in [-0.2, -0.15) is 5.10 Å². The molecule has 0 aliphatic carbocycles. The molecule has 0 aromatic carbocycles. The van der Waals surface area contributed by atoms with Gasteiger partial charge in [-0.1, -0.05) is 6.07 Å². The van der Waals surface area contributed by atoms with Gasteiger partial charge in [-0.25, -0.2) is 0 Å². The molecule has 0 bridgehead atoms. The fraction of sp³-hybridized carbons (Fsp3) is 0.300. The van der Waals surface area contributed by atoms with E-state index in [1.54, 1.807) is 18.6 Å². The second kappa shape index (κ2) is 7.47. The Labute approximate surface area is 152 Å². The van der Waals surface area contributed by atoms with Crippen molar-refractivity contribution >= 4 is 5.91 Å². The number of amides is 1. The van der Waals surface area contributed by atoms with Crippen molar-refractivity contribution in [3.05, 3.63) is 66.4 Å². The lowest BCUT2D eigenvalue weighted by molar-refractivity contribution is 0.0667. The third kappa shape index (κ3) is 3.64. The van der Waals surface area contributed by atoms with E-state index in [9.17, 15) is 4.79 Å². The second-order valence-corrected chi connectivity index (χ2v) is 6.73. The van der Waals surface area contributed by atoms with Crippen LogP contribution >= 0.6 is 0 Å². The molecule has 3 aromatic rings. The lowest BCUT2D eigenvalue weighted by atomic mass is 9.92. The number of aromatic amines is 1. The standard InChI is InChI=1S/C20H21N5O/c26-20(19-11-18(23-24-19)17-6-2-8-22-13-17)25-9-3-5-16(14-25)10-15-4-1-7-21-12-15/h1-2,4,6-8,11-13,16H,3,5,9-10,14H2,(H,23,24)/t16-/m1/s1. The van der Waals surface area contributed by atoms with Crippen LogP contribution in [0.4, 0.5) is 0 Å². The maximum atomic E-state index is 12.9. The summed E-state index contributed by atoms with van der Waals surface area (Å²) in [4.78, 5) is 23.1. The number of nitrogens with zero attached hydrogens (tertiary/aromatic N) is 4. The average Bonchev–Trinajstić information content (AvgIpc) is 3.19. The van der Waals surface area contributed by atoms with E-state index < -0.39 is 0 Å². The predicted octanol–water partition coefficient (Wildman–Crippen LogP) is 2.96. The minimum absolute atomic E-state index is 0.0172. The fourth-order valence-corrected chi connectivity index (χ4v) is 3.53. The number of pyridine rings is 2. The number of carbonyl (C=O) groups is 1. The molecule has 6 heteroatoms. The smallest absolute Gasteiger partial charge is 0.271 e. The zero-order chi connectivity index (χ0) is 17.8. The van der Waals surface area contributed by atoms with Crippen molar-refractivity contribution in [2.24, 2.45) is 5.92 Å². The average molecular weight is 347 g/mol. The number of carbonyl (C=O) groups excluding carboxylic acids is 1. The molecule has 0 radical (unpaired) electrons. The van der Waals surface area contributed by atoms with Gasteiger partial charge >= 0.3 is 0 Å². The lowest BCUT2D eigenvalue weighted by Gasteiger charge is -2.32. The highest BCUT2D eigenvalue weighted by Gasteiger charge is 2.26. The minimum Gasteiger partial charge on any atom is -0.337 e. The number of hydrogen-bond acceptors (Lipinski definition) is 4. The molecule has 1 amide bonds. The monoisotopic (exact) mass is 347 g/mol. The van der Waals surface area contributed by atoms with Crippen LogP contribution < -0.4 is 0 Å². The summed E-state index contributed by atoms with van der Waals surface area (Å²) in [6.45, 7) is 1.57. The number of aromatic nitrogens is 4. The van der Waals surface area contributed by atoms with Crippen LogP contribution in [-0.2, 0) is 6.42 Å². The van der Waals surface area contributed by atoms with Crippen molar-refractivity contribution in [3.8, 4) is 11.3 Å². The maximum Gasteiger partial charge on any atom is 0.271 e. The Morgan fingerprint density at radius 1 is 1.19 bits per heavy atom. The minimum atomic E-state index is 0.0172. The van der Waals surface area contributed by atoms with Gasteiger partial charge in [-0.3, -0.25) is 19.9 Å². The van der Waals surface area contributed by atoms with Gasteiger partial charge in [-0.05, 0) is 55.0 Å². The van der Waals surface area contributed by atoms with Crippen LogP contribution in [0, 0.1) is 5.92 Å². The van der Waals surface area contributed by atoms with Crippen molar-refractivity contribution in [2.45, 2.75) is 19.3 Å². The molecule has 132 valence electrons. The van der Waals surface area contributed by atoms with Crippen molar-refractivity contribution < 1.29 is 4.79 Å². The largest absolute Gasteiger partial charge is 0.337 e. The number of likely N-dealkylation sites (tertiary alicyclic amines) is 1. The Balaban J connectivity index is 1.44. The zero-order valence-electron chi connectivity index (χ0n) is 14.5. The summed E-state index contributed by atoms with van der Waals surface area (Å²) >= 11 is 0. The Kier molecular flexibility index (Phi) is 4.73. The molecule has 1 aliphatic heterocycles. The Morgan fingerprint density at radius 3 is 2.81 bits per heavy atom. The van der Waals surface area contributed by atoms with Crippen molar-refractivity contribution in [2.75, 3.05) is 13.1 Å². The van der Waals surface area contributed by atoms with E-state index >= 15 is 0 Å². The fourth-order valence-electron chi connectivity index (χ4n) is 3.53. The summed E-state index contributed by atoms with van der Waals surface area (Å²) in [6.07, 6.45) is 10.3. The number of piperidine rings is 1. The van der Waals surface area contributed by atoms with Gasteiger partial charge in [0.25, 0.3) is 5.91 Å². The molecule has 1 aliphatic rings. The van der Waals surface area contributed by atoms with E-state index in [0.29, 0.717) is 11.6 Å². The van der Waals surface area contributed by atoms with E-state index in [0.717, 1.165) is 43.6 Å². The molecule has 0 unspecified atom stereocenters. The van der Waals surface area contributed by atoms with E-state index in [-0.39, 0.29) is 5.91 Å². The lowest BCUT2D eigenvalue weighted by Crippen LogP contribution is -2.40. The Morgan fingerprint density at radius 2 is 2.04 bits per heavy atom. The van der Waals surface area contributed by atoms with Crippen LogP contribution in [0.2, 0.25) is 0 Å². The van der Waals surface area contributed by atoms with Gasteiger partial charge in [0.1, 0.15) is 5.69 Å². The summed E-state index contributed by atoms with van der Waals surface area (Å²) < 4.78 is 0. The highest BCUT2D eigenvalue weighted by atomic mass is 16.2. The summed E-state index contributed by atoms with van der Waals surface area (Å²) in [5.41, 5.74) is 3.40. The SMILES string of the molecule is O=C(c1cc(-c2cccnc2)n[nH]1)N1CCC[C@H](Cc2cccnc2)C1. The topological polar surface area (TPSA) is 74.8 Å². The highest BCUT2D eigenvalue weighted by molar-refractivity contribution is 5.93. The number of nitrogens with one attached hydrogen (secondary N) is 1. The first-order valence-electron chi connectivity index (χ1n) is 8.93. The van der Waals surface area contributed by atoms with Crippen LogP contribution in [0.5, 0.6) is 0 Å². The quantitative estimate of drug-likeness (QED) is 0.787. The summed E-state index contributed by atoms with van der Waals surface area (Å²) in [5, 5.41) is 7.16. The molecule has 1 saturated heterocycles. The molecular weight excluding hydrogens is 326 g/mol. The summed E-state index contributed by atoms with van der Waals surface area (Å²) in [7, 11) is 0. The zero-order valence-corrected chi connectivity index (χ0v) is 14.5. The second-order valence-electron chi connectivity index (χ2n) is 6.73. The van der Waals surface area contributed by atoms with Gasteiger partial charge < -0.3 is 4.90 Å². The number of rotatable bonds is 4. The first kappa shape index (κ1) is 16.4. The van der Waals surface area contributed by atoms with E-state index in [2.05, 4.69) is 26.2 Å². The molecule has 1 atom stereocenters. The molecule has 6 nitrogen and oxygen atoms in total. The van der Waals surface area contributed by atoms with Gasteiger partial charge in [0.15, 0.2) is 0 Å². The van der Waals surface area contributed by atoms with Crippen molar-refractivity contribution in [1.82, 2.24) is 25.1 Å². The number of hydrogen-bond donors (Lipinski definition) is 1. The first-order chi connectivity index (χ1) is 12.8.